The Morgan fingerprint density at radius 2 is 1.69 bits per heavy atom. The standard InChI is InChI=1S/C26H29FO2/c1-3-5-7-8-19-10-12-20(13-11-19)14-15-21-16-17-22-18-23(9-6-4-2)29-26(28)24(22)25(21)27/h3,5,10-13,16-18H,4,6-9,14-15H2,1-2H3/b5-3+. The fraction of sp³-hybridized carbons (Fsp3) is 0.346. The van der Waals surface area contributed by atoms with Gasteiger partial charge >= 0.3 is 5.63 Å². The van der Waals surface area contributed by atoms with Crippen LogP contribution in [0.1, 0.15) is 55.6 Å². The van der Waals surface area contributed by atoms with Crippen LogP contribution in [0.25, 0.3) is 10.8 Å². The highest BCUT2D eigenvalue weighted by Crippen LogP contribution is 2.22. The molecule has 0 aliphatic heterocycles. The van der Waals surface area contributed by atoms with E-state index in [2.05, 4.69) is 43.3 Å². The van der Waals surface area contributed by atoms with E-state index in [1.807, 2.05) is 13.0 Å². The number of aryl methyl sites for hydroxylation is 4. The molecule has 1 aromatic heterocycles. The van der Waals surface area contributed by atoms with Crippen LogP contribution in [0.5, 0.6) is 0 Å². The van der Waals surface area contributed by atoms with Crippen LogP contribution in [0.4, 0.5) is 4.39 Å². The van der Waals surface area contributed by atoms with Crippen LogP contribution in [0.2, 0.25) is 0 Å². The Balaban J connectivity index is 1.72. The molecule has 2 aromatic carbocycles. The zero-order valence-electron chi connectivity index (χ0n) is 17.3. The van der Waals surface area contributed by atoms with Crippen LogP contribution >= 0.6 is 0 Å². The highest BCUT2D eigenvalue weighted by Gasteiger charge is 2.13. The number of hydrogen-bond acceptors (Lipinski definition) is 2. The van der Waals surface area contributed by atoms with Gasteiger partial charge in [-0.05, 0) is 67.2 Å². The molecule has 3 aromatic rings. The van der Waals surface area contributed by atoms with Crippen molar-refractivity contribution in [2.24, 2.45) is 0 Å². The second-order valence-corrected chi connectivity index (χ2v) is 7.53. The van der Waals surface area contributed by atoms with Crippen molar-refractivity contribution in [3.63, 3.8) is 0 Å². The SMILES string of the molecule is C/C=C/CCc1ccc(CCc2ccc3cc(CCCC)oc(=O)c3c2F)cc1. The molecule has 0 saturated carbocycles. The van der Waals surface area contributed by atoms with Gasteiger partial charge in [0.05, 0.1) is 0 Å². The number of halogens is 1. The molecule has 0 amide bonds. The second kappa shape index (κ2) is 10.2. The van der Waals surface area contributed by atoms with E-state index >= 15 is 0 Å². The Labute approximate surface area is 172 Å². The summed E-state index contributed by atoms with van der Waals surface area (Å²) in [6, 6.07) is 13.9. The molecule has 0 fully saturated rings. The fourth-order valence-electron chi connectivity index (χ4n) is 3.57. The molecule has 0 unspecified atom stereocenters. The molecule has 0 saturated heterocycles. The minimum absolute atomic E-state index is 0.0714. The Hall–Kier alpha value is -2.68. The van der Waals surface area contributed by atoms with Crippen LogP contribution in [0, 0.1) is 5.82 Å². The van der Waals surface area contributed by atoms with E-state index in [-0.39, 0.29) is 5.39 Å². The van der Waals surface area contributed by atoms with Crippen molar-refractivity contribution in [3.8, 4) is 0 Å². The van der Waals surface area contributed by atoms with Gasteiger partial charge < -0.3 is 4.42 Å². The van der Waals surface area contributed by atoms with Gasteiger partial charge in [-0.15, -0.1) is 0 Å². The van der Waals surface area contributed by atoms with E-state index in [1.165, 1.54) is 11.1 Å². The van der Waals surface area contributed by atoms with Crippen molar-refractivity contribution >= 4 is 10.8 Å². The molecule has 3 heteroatoms. The van der Waals surface area contributed by atoms with Crippen LogP contribution in [0.3, 0.4) is 0 Å². The lowest BCUT2D eigenvalue weighted by molar-refractivity contribution is 0.457. The predicted molar refractivity (Wildman–Crippen MR) is 118 cm³/mol. The predicted octanol–water partition coefficient (Wildman–Crippen LogP) is 6.57. The summed E-state index contributed by atoms with van der Waals surface area (Å²) in [7, 11) is 0. The van der Waals surface area contributed by atoms with Crippen molar-refractivity contribution in [1.29, 1.82) is 0 Å². The number of allylic oxidation sites excluding steroid dienone is 2. The highest BCUT2D eigenvalue weighted by molar-refractivity contribution is 5.82. The van der Waals surface area contributed by atoms with E-state index < -0.39 is 11.4 Å². The van der Waals surface area contributed by atoms with Gasteiger partial charge in [-0.3, -0.25) is 0 Å². The fourth-order valence-corrected chi connectivity index (χ4v) is 3.57. The van der Waals surface area contributed by atoms with Gasteiger partial charge in [-0.1, -0.05) is 61.9 Å². The molecular weight excluding hydrogens is 363 g/mol. The Bertz CT molecular complexity index is 1030. The van der Waals surface area contributed by atoms with Crippen LogP contribution < -0.4 is 5.63 Å². The Morgan fingerprint density at radius 1 is 0.966 bits per heavy atom. The van der Waals surface area contributed by atoms with Crippen molar-refractivity contribution in [2.45, 2.75) is 58.8 Å². The molecule has 152 valence electrons. The summed E-state index contributed by atoms with van der Waals surface area (Å²) in [5, 5.41) is 0.696. The molecule has 0 spiro atoms. The zero-order valence-corrected chi connectivity index (χ0v) is 17.3. The smallest absolute Gasteiger partial charge is 0.346 e. The van der Waals surface area contributed by atoms with Crippen molar-refractivity contribution in [3.05, 3.63) is 93.3 Å². The Kier molecular flexibility index (Phi) is 7.40. The average Bonchev–Trinajstić information content (AvgIpc) is 2.72. The first-order valence-electron chi connectivity index (χ1n) is 10.6. The van der Waals surface area contributed by atoms with E-state index in [0.29, 0.717) is 29.6 Å². The summed E-state index contributed by atoms with van der Waals surface area (Å²) in [5.74, 6) is 0.187. The summed E-state index contributed by atoms with van der Waals surface area (Å²) >= 11 is 0. The van der Waals surface area contributed by atoms with Crippen molar-refractivity contribution in [1.82, 2.24) is 0 Å². The summed E-state index contributed by atoms with van der Waals surface area (Å²) < 4.78 is 20.3. The molecule has 1 heterocycles. The lowest BCUT2D eigenvalue weighted by atomic mass is 9.99. The number of benzene rings is 2. The maximum Gasteiger partial charge on any atom is 0.346 e. The number of hydrogen-bond donors (Lipinski definition) is 0. The Morgan fingerprint density at radius 3 is 2.38 bits per heavy atom. The molecule has 0 N–H and O–H groups in total. The molecule has 0 bridgehead atoms. The second-order valence-electron chi connectivity index (χ2n) is 7.53. The van der Waals surface area contributed by atoms with E-state index in [4.69, 9.17) is 4.42 Å². The number of rotatable bonds is 9. The zero-order chi connectivity index (χ0) is 20.6. The first kappa shape index (κ1) is 21.0. The third kappa shape index (κ3) is 5.44. The van der Waals surface area contributed by atoms with Gasteiger partial charge in [0.25, 0.3) is 0 Å². The van der Waals surface area contributed by atoms with E-state index in [0.717, 1.165) is 32.1 Å². The maximum absolute atomic E-state index is 15.0. The van der Waals surface area contributed by atoms with Crippen LogP contribution in [-0.4, -0.2) is 0 Å². The van der Waals surface area contributed by atoms with Crippen LogP contribution in [0.15, 0.2) is 63.8 Å². The summed E-state index contributed by atoms with van der Waals surface area (Å²) in [5.41, 5.74) is 2.46. The molecular formula is C26H29FO2. The minimum atomic E-state index is -0.571. The van der Waals surface area contributed by atoms with Gasteiger partial charge in [0, 0.05) is 6.42 Å². The molecule has 0 aliphatic rings. The minimum Gasteiger partial charge on any atom is -0.427 e. The molecule has 0 aliphatic carbocycles. The lowest BCUT2D eigenvalue weighted by Gasteiger charge is -2.08. The topological polar surface area (TPSA) is 30.2 Å². The largest absolute Gasteiger partial charge is 0.427 e. The summed E-state index contributed by atoms with van der Waals surface area (Å²) in [4.78, 5) is 12.3. The number of fused-ring (bicyclic) bond motifs is 1. The first-order chi connectivity index (χ1) is 14.1. The van der Waals surface area contributed by atoms with Gasteiger partial charge in [-0.2, -0.15) is 0 Å². The summed E-state index contributed by atoms with van der Waals surface area (Å²) in [6.07, 6.45) is 10.3. The third-order valence-corrected chi connectivity index (χ3v) is 5.32. The average molecular weight is 393 g/mol. The summed E-state index contributed by atoms with van der Waals surface area (Å²) in [6.45, 7) is 4.12. The van der Waals surface area contributed by atoms with E-state index in [1.54, 1.807) is 12.1 Å². The van der Waals surface area contributed by atoms with Gasteiger partial charge in [-0.25, -0.2) is 9.18 Å². The maximum atomic E-state index is 15.0. The third-order valence-electron chi connectivity index (χ3n) is 5.32. The lowest BCUT2D eigenvalue weighted by Crippen LogP contribution is -2.07. The van der Waals surface area contributed by atoms with Crippen molar-refractivity contribution < 1.29 is 8.81 Å². The molecule has 29 heavy (non-hydrogen) atoms. The van der Waals surface area contributed by atoms with Gasteiger partial charge in [0.15, 0.2) is 0 Å². The quantitative estimate of drug-likeness (QED) is 0.386. The monoisotopic (exact) mass is 392 g/mol. The molecule has 2 nitrogen and oxygen atoms in total. The molecule has 0 radical (unpaired) electrons. The normalized spacial score (nSPS) is 11.6. The molecule has 0 atom stereocenters. The highest BCUT2D eigenvalue weighted by atomic mass is 19.1. The van der Waals surface area contributed by atoms with Crippen molar-refractivity contribution in [2.75, 3.05) is 0 Å². The van der Waals surface area contributed by atoms with E-state index in [9.17, 15) is 9.18 Å². The number of unbranched alkanes of at least 4 members (excludes halogenated alkanes) is 1. The molecule has 3 rings (SSSR count). The van der Waals surface area contributed by atoms with Gasteiger partial charge in [0.1, 0.15) is 17.0 Å². The first-order valence-corrected chi connectivity index (χ1v) is 10.6. The van der Waals surface area contributed by atoms with Crippen LogP contribution in [-0.2, 0) is 25.7 Å². The van der Waals surface area contributed by atoms with Gasteiger partial charge in [0.2, 0.25) is 0 Å².